The maximum Gasteiger partial charge on any atom is 0.336 e. The lowest BCUT2D eigenvalue weighted by Gasteiger charge is -2.28. The second-order valence-electron chi connectivity index (χ2n) is 5.63. The van der Waals surface area contributed by atoms with E-state index in [1.165, 1.54) is 31.4 Å². The summed E-state index contributed by atoms with van der Waals surface area (Å²) in [4.78, 5) is 51.2. The van der Waals surface area contributed by atoms with Crippen LogP contribution in [0, 0.1) is 10.1 Å². The number of nitrogens with zero attached hydrogens (tertiary/aromatic N) is 1. The van der Waals surface area contributed by atoms with Crippen molar-refractivity contribution in [3.05, 3.63) is 77.6 Å². The minimum Gasteiger partial charge on any atom is -0.466 e. The van der Waals surface area contributed by atoms with Gasteiger partial charge < -0.3 is 10.1 Å². The number of benzene rings is 1. The zero-order valence-corrected chi connectivity index (χ0v) is 13.8. The standard InChI is InChI=1S/C16H14N4O6/c1-7-10(15(22)26-2)11(8-3-5-9(6-4-8)20(24)25)12-13(17-7)18-16(23)19-14(12)21/h3-6,11H,1-2H3,(H3,17,18,19,21,23). The first-order chi connectivity index (χ1) is 12.3. The molecule has 0 radical (unpaired) electrons. The Hall–Kier alpha value is -3.69. The number of esters is 1. The SMILES string of the molecule is COC(=O)C1=C(C)Nc2[nH]c(=O)[nH]c(=O)c2C1c1ccc([N+](=O)[O-])cc1. The van der Waals surface area contributed by atoms with Gasteiger partial charge in [-0.25, -0.2) is 9.59 Å². The number of fused-ring (bicyclic) bond motifs is 1. The lowest BCUT2D eigenvalue weighted by Crippen LogP contribution is -2.34. The first-order valence-electron chi connectivity index (χ1n) is 7.50. The van der Waals surface area contributed by atoms with E-state index in [2.05, 4.69) is 15.3 Å². The molecule has 0 bridgehead atoms. The van der Waals surface area contributed by atoms with Gasteiger partial charge in [0.25, 0.3) is 11.2 Å². The van der Waals surface area contributed by atoms with Crippen molar-refractivity contribution >= 4 is 17.5 Å². The van der Waals surface area contributed by atoms with E-state index in [1.54, 1.807) is 6.92 Å². The van der Waals surface area contributed by atoms with Gasteiger partial charge in [-0.05, 0) is 12.5 Å². The number of aromatic nitrogens is 2. The highest BCUT2D eigenvalue weighted by Crippen LogP contribution is 2.39. The quantitative estimate of drug-likeness (QED) is 0.421. The highest BCUT2D eigenvalue weighted by Gasteiger charge is 2.35. The molecule has 1 aliphatic rings. The fraction of sp³-hybridized carbons (Fsp3) is 0.188. The fourth-order valence-corrected chi connectivity index (χ4v) is 2.99. The number of anilines is 1. The topological polar surface area (TPSA) is 147 Å². The number of nitro benzene ring substituents is 1. The highest BCUT2D eigenvalue weighted by molar-refractivity contribution is 5.94. The van der Waals surface area contributed by atoms with Gasteiger partial charge in [-0.3, -0.25) is 24.9 Å². The van der Waals surface area contributed by atoms with Gasteiger partial charge in [0.15, 0.2) is 0 Å². The summed E-state index contributed by atoms with van der Waals surface area (Å²) in [6, 6.07) is 5.47. The monoisotopic (exact) mass is 358 g/mol. The first-order valence-corrected chi connectivity index (χ1v) is 7.50. The molecule has 10 nitrogen and oxygen atoms in total. The van der Waals surface area contributed by atoms with E-state index in [0.717, 1.165) is 0 Å². The second kappa shape index (κ2) is 6.31. The van der Waals surface area contributed by atoms with Crippen molar-refractivity contribution in [3.63, 3.8) is 0 Å². The molecule has 3 rings (SSSR count). The van der Waals surface area contributed by atoms with Crippen LogP contribution in [0.1, 0.15) is 24.0 Å². The molecule has 0 saturated carbocycles. The van der Waals surface area contributed by atoms with Crippen LogP contribution < -0.4 is 16.6 Å². The Morgan fingerprint density at radius 2 is 1.85 bits per heavy atom. The van der Waals surface area contributed by atoms with Crippen molar-refractivity contribution in [1.29, 1.82) is 0 Å². The van der Waals surface area contributed by atoms with Crippen molar-refractivity contribution in [2.45, 2.75) is 12.8 Å². The van der Waals surface area contributed by atoms with Crippen molar-refractivity contribution in [1.82, 2.24) is 9.97 Å². The summed E-state index contributed by atoms with van der Waals surface area (Å²) < 4.78 is 4.82. The molecule has 1 unspecified atom stereocenters. The molecular weight excluding hydrogens is 344 g/mol. The summed E-state index contributed by atoms with van der Waals surface area (Å²) >= 11 is 0. The number of allylic oxidation sites excluding steroid dienone is 1. The molecule has 3 N–H and O–H groups in total. The van der Waals surface area contributed by atoms with Gasteiger partial charge >= 0.3 is 11.7 Å². The lowest BCUT2D eigenvalue weighted by atomic mass is 9.82. The van der Waals surface area contributed by atoms with E-state index in [4.69, 9.17) is 4.74 Å². The number of methoxy groups -OCH3 is 1. The molecule has 2 heterocycles. The average molecular weight is 358 g/mol. The Balaban J connectivity index is 2.27. The average Bonchev–Trinajstić information content (AvgIpc) is 2.59. The summed E-state index contributed by atoms with van der Waals surface area (Å²) in [6.07, 6.45) is 0. The van der Waals surface area contributed by atoms with Crippen LogP contribution in [0.4, 0.5) is 11.5 Å². The summed E-state index contributed by atoms with van der Waals surface area (Å²) in [7, 11) is 1.21. The smallest absolute Gasteiger partial charge is 0.336 e. The number of hydrogen-bond acceptors (Lipinski definition) is 7. The number of ether oxygens (including phenoxy) is 1. The molecule has 0 spiro atoms. The van der Waals surface area contributed by atoms with Gasteiger partial charge in [-0.1, -0.05) is 12.1 Å². The van der Waals surface area contributed by atoms with Gasteiger partial charge in [0.1, 0.15) is 5.82 Å². The third-order valence-electron chi connectivity index (χ3n) is 4.12. The summed E-state index contributed by atoms with van der Waals surface area (Å²) in [6.45, 7) is 1.60. The van der Waals surface area contributed by atoms with Gasteiger partial charge in [0.05, 0.1) is 29.1 Å². The predicted octanol–water partition coefficient (Wildman–Crippen LogP) is 0.976. The zero-order chi connectivity index (χ0) is 19.0. The molecule has 1 atom stereocenters. The van der Waals surface area contributed by atoms with Crippen LogP contribution in [0.5, 0.6) is 0 Å². The van der Waals surface area contributed by atoms with Crippen molar-refractivity contribution in [2.24, 2.45) is 0 Å². The maximum atomic E-state index is 12.4. The van der Waals surface area contributed by atoms with Crippen LogP contribution >= 0.6 is 0 Å². The Bertz CT molecular complexity index is 1050. The highest BCUT2D eigenvalue weighted by atomic mass is 16.6. The van der Waals surface area contributed by atoms with Crippen LogP contribution in [-0.2, 0) is 9.53 Å². The van der Waals surface area contributed by atoms with E-state index in [9.17, 15) is 24.5 Å². The van der Waals surface area contributed by atoms with Crippen molar-refractivity contribution in [3.8, 4) is 0 Å². The molecule has 0 fully saturated rings. The van der Waals surface area contributed by atoms with Crippen LogP contribution in [-0.4, -0.2) is 28.0 Å². The Kier molecular flexibility index (Phi) is 4.16. The molecule has 26 heavy (non-hydrogen) atoms. The number of non-ortho nitro benzene ring substituents is 1. The number of carbonyl (C=O) groups is 1. The number of carbonyl (C=O) groups excluding carboxylic acids is 1. The molecule has 0 aliphatic carbocycles. The van der Waals surface area contributed by atoms with Crippen molar-refractivity contribution in [2.75, 3.05) is 12.4 Å². The molecule has 134 valence electrons. The van der Waals surface area contributed by atoms with Crippen molar-refractivity contribution < 1.29 is 14.5 Å². The molecule has 1 aliphatic heterocycles. The van der Waals surface area contributed by atoms with Gasteiger partial charge in [-0.2, -0.15) is 0 Å². The molecule has 0 amide bonds. The molecule has 10 heteroatoms. The van der Waals surface area contributed by atoms with E-state index in [1.807, 2.05) is 0 Å². The zero-order valence-electron chi connectivity index (χ0n) is 13.8. The second-order valence-corrected chi connectivity index (χ2v) is 5.63. The summed E-state index contributed by atoms with van der Waals surface area (Å²) in [5.41, 5.74) is -0.342. The Labute approximate surface area is 145 Å². The maximum absolute atomic E-state index is 12.4. The van der Waals surface area contributed by atoms with E-state index in [-0.39, 0.29) is 22.6 Å². The first kappa shape index (κ1) is 17.1. The van der Waals surface area contributed by atoms with E-state index < -0.39 is 28.1 Å². The lowest BCUT2D eigenvalue weighted by molar-refractivity contribution is -0.384. The Morgan fingerprint density at radius 1 is 1.19 bits per heavy atom. The number of rotatable bonds is 3. The van der Waals surface area contributed by atoms with Gasteiger partial charge in [0, 0.05) is 17.8 Å². The van der Waals surface area contributed by atoms with Gasteiger partial charge in [0.2, 0.25) is 0 Å². The van der Waals surface area contributed by atoms with Crippen LogP contribution in [0.25, 0.3) is 0 Å². The fourth-order valence-electron chi connectivity index (χ4n) is 2.99. The number of H-pyrrole nitrogens is 2. The molecule has 2 aromatic rings. The minimum atomic E-state index is -0.861. The number of aromatic amines is 2. The predicted molar refractivity (Wildman–Crippen MR) is 91.0 cm³/mol. The molecule has 1 aromatic carbocycles. The third kappa shape index (κ3) is 2.77. The summed E-state index contributed by atoms with van der Waals surface area (Å²) in [5.74, 6) is -1.36. The summed E-state index contributed by atoms with van der Waals surface area (Å²) in [5, 5.41) is 13.7. The molecule has 1 aromatic heterocycles. The van der Waals surface area contributed by atoms with E-state index >= 15 is 0 Å². The largest absolute Gasteiger partial charge is 0.466 e. The van der Waals surface area contributed by atoms with E-state index in [0.29, 0.717) is 11.3 Å². The number of nitrogens with one attached hydrogen (secondary N) is 3. The van der Waals surface area contributed by atoms with Gasteiger partial charge in [-0.15, -0.1) is 0 Å². The molecule has 0 saturated heterocycles. The Morgan fingerprint density at radius 3 is 2.42 bits per heavy atom. The number of hydrogen-bond donors (Lipinski definition) is 3. The third-order valence-corrected chi connectivity index (χ3v) is 4.12. The van der Waals surface area contributed by atoms with Crippen LogP contribution in [0.3, 0.4) is 0 Å². The minimum absolute atomic E-state index is 0.115. The van der Waals surface area contributed by atoms with Crippen LogP contribution in [0.15, 0.2) is 45.1 Å². The molecular formula is C16H14N4O6. The number of nitro groups is 1. The normalized spacial score (nSPS) is 15.8. The van der Waals surface area contributed by atoms with Crippen LogP contribution in [0.2, 0.25) is 0 Å².